The number of ether oxygens (including phenoxy) is 2. The number of halogens is 3. The molecule has 0 bridgehead atoms. The number of benzene rings is 2. The van der Waals surface area contributed by atoms with Crippen LogP contribution in [0.3, 0.4) is 0 Å². The Balaban J connectivity index is 1.91. The third-order valence-corrected chi connectivity index (χ3v) is 3.65. The van der Waals surface area contributed by atoms with Gasteiger partial charge in [0.25, 0.3) is 0 Å². The predicted molar refractivity (Wildman–Crippen MR) is 87.4 cm³/mol. The minimum Gasteiger partial charge on any atom is -0.406 e. The number of alkyl halides is 3. The van der Waals surface area contributed by atoms with Crippen molar-refractivity contribution in [1.82, 2.24) is 9.97 Å². The molecule has 1 unspecified atom stereocenters. The number of aryl methyl sites for hydroxylation is 1. The summed E-state index contributed by atoms with van der Waals surface area (Å²) < 4.78 is 46.5. The molecule has 132 valence electrons. The first-order chi connectivity index (χ1) is 11.9. The Hall–Kier alpha value is -2.54. The molecule has 1 atom stereocenters. The fraction of sp³-hybridized carbons (Fsp3) is 0.278. The van der Waals surface area contributed by atoms with E-state index in [9.17, 15) is 13.2 Å². The number of hydrogen-bond acceptors (Lipinski definition) is 3. The molecule has 0 aliphatic heterocycles. The van der Waals surface area contributed by atoms with Crippen LogP contribution in [0.2, 0.25) is 0 Å². The Bertz CT molecular complexity index is 857. The van der Waals surface area contributed by atoms with Crippen LogP contribution in [0.25, 0.3) is 11.0 Å². The molecule has 4 nitrogen and oxygen atoms in total. The molecule has 0 radical (unpaired) electrons. The van der Waals surface area contributed by atoms with Crippen molar-refractivity contribution in [2.24, 2.45) is 0 Å². The smallest absolute Gasteiger partial charge is 0.406 e. The van der Waals surface area contributed by atoms with Gasteiger partial charge in [-0.05, 0) is 49.2 Å². The third kappa shape index (κ3) is 4.11. The van der Waals surface area contributed by atoms with Gasteiger partial charge in [0.05, 0.1) is 11.0 Å². The van der Waals surface area contributed by atoms with Gasteiger partial charge in [0, 0.05) is 6.61 Å². The van der Waals surface area contributed by atoms with Crippen LogP contribution < -0.4 is 4.74 Å². The molecule has 0 aliphatic rings. The lowest BCUT2D eigenvalue weighted by atomic mass is 10.1. The first-order valence-electron chi connectivity index (χ1n) is 7.79. The minimum atomic E-state index is -4.71. The van der Waals surface area contributed by atoms with E-state index in [-0.39, 0.29) is 5.75 Å². The molecule has 1 N–H and O–H groups in total. The Morgan fingerprint density at radius 1 is 1.12 bits per heavy atom. The van der Waals surface area contributed by atoms with Crippen molar-refractivity contribution in [3.63, 3.8) is 0 Å². The lowest BCUT2D eigenvalue weighted by Gasteiger charge is -2.16. The fourth-order valence-corrected chi connectivity index (χ4v) is 2.61. The van der Waals surface area contributed by atoms with E-state index in [0.717, 1.165) is 16.6 Å². The lowest BCUT2D eigenvalue weighted by molar-refractivity contribution is -0.274. The maximum atomic E-state index is 12.3. The SMILES string of the molecule is CCOC(c1ccc(OC(F)(F)F)cc1)c1nc2ccc(C)cc2[nH]1. The first-order valence-corrected chi connectivity index (χ1v) is 7.79. The zero-order valence-corrected chi connectivity index (χ0v) is 13.7. The maximum absolute atomic E-state index is 12.3. The highest BCUT2D eigenvalue weighted by molar-refractivity contribution is 5.76. The summed E-state index contributed by atoms with van der Waals surface area (Å²) >= 11 is 0. The average molecular weight is 350 g/mol. The molecule has 25 heavy (non-hydrogen) atoms. The Morgan fingerprint density at radius 2 is 1.84 bits per heavy atom. The number of imidazole rings is 1. The molecule has 1 heterocycles. The number of aromatic amines is 1. The number of nitrogens with one attached hydrogen (secondary N) is 1. The van der Waals surface area contributed by atoms with E-state index in [4.69, 9.17) is 4.74 Å². The normalized spacial score (nSPS) is 13.2. The van der Waals surface area contributed by atoms with Crippen molar-refractivity contribution in [3.8, 4) is 5.75 Å². The predicted octanol–water partition coefficient (Wildman–Crippen LogP) is 4.90. The minimum absolute atomic E-state index is 0.272. The molecule has 7 heteroatoms. The summed E-state index contributed by atoms with van der Waals surface area (Å²) in [7, 11) is 0. The molecule has 0 amide bonds. The average Bonchev–Trinajstić information content (AvgIpc) is 2.94. The van der Waals surface area contributed by atoms with Crippen LogP contribution in [0.4, 0.5) is 13.2 Å². The molecular formula is C18H17F3N2O2. The number of H-pyrrole nitrogens is 1. The molecule has 0 saturated heterocycles. The molecule has 2 aromatic carbocycles. The molecule has 0 fully saturated rings. The summed E-state index contributed by atoms with van der Waals surface area (Å²) in [5, 5.41) is 0. The number of aromatic nitrogens is 2. The van der Waals surface area contributed by atoms with Crippen LogP contribution in [-0.2, 0) is 4.74 Å². The van der Waals surface area contributed by atoms with Crippen molar-refractivity contribution in [3.05, 3.63) is 59.4 Å². The monoisotopic (exact) mass is 350 g/mol. The number of hydrogen-bond donors (Lipinski definition) is 1. The summed E-state index contributed by atoms with van der Waals surface area (Å²) in [6.07, 6.45) is -5.21. The Kier molecular flexibility index (Phi) is 4.67. The Morgan fingerprint density at radius 3 is 2.48 bits per heavy atom. The van der Waals surface area contributed by atoms with Crippen molar-refractivity contribution in [2.45, 2.75) is 26.3 Å². The summed E-state index contributed by atoms with van der Waals surface area (Å²) in [5.41, 5.74) is 3.48. The lowest BCUT2D eigenvalue weighted by Crippen LogP contribution is -2.17. The highest BCUT2D eigenvalue weighted by atomic mass is 19.4. The molecule has 0 saturated carbocycles. The van der Waals surface area contributed by atoms with Gasteiger partial charge in [-0.3, -0.25) is 0 Å². The van der Waals surface area contributed by atoms with Crippen molar-refractivity contribution >= 4 is 11.0 Å². The van der Waals surface area contributed by atoms with Gasteiger partial charge >= 0.3 is 6.36 Å². The second-order valence-corrected chi connectivity index (χ2v) is 5.59. The van der Waals surface area contributed by atoms with Gasteiger partial charge < -0.3 is 14.5 Å². The molecule has 3 rings (SSSR count). The van der Waals surface area contributed by atoms with Crippen molar-refractivity contribution < 1.29 is 22.6 Å². The second kappa shape index (κ2) is 6.76. The van der Waals surface area contributed by atoms with E-state index >= 15 is 0 Å². The first kappa shape index (κ1) is 17.3. The molecule has 3 aromatic rings. The van der Waals surface area contributed by atoms with E-state index in [1.54, 1.807) is 12.1 Å². The molecule has 0 aliphatic carbocycles. The molecular weight excluding hydrogens is 333 g/mol. The van der Waals surface area contributed by atoms with Gasteiger partial charge in [-0.25, -0.2) is 4.98 Å². The van der Waals surface area contributed by atoms with E-state index < -0.39 is 12.5 Å². The number of nitrogens with zero attached hydrogens (tertiary/aromatic N) is 1. The standard InChI is InChI=1S/C18H17F3N2O2/c1-3-24-16(12-5-7-13(8-6-12)25-18(19,20)21)17-22-14-9-4-11(2)10-15(14)23-17/h4-10,16H,3H2,1-2H3,(H,22,23). The van der Waals surface area contributed by atoms with E-state index in [2.05, 4.69) is 14.7 Å². The zero-order valence-electron chi connectivity index (χ0n) is 13.7. The maximum Gasteiger partial charge on any atom is 0.573 e. The fourth-order valence-electron chi connectivity index (χ4n) is 2.61. The van der Waals surface area contributed by atoms with Crippen LogP contribution in [0, 0.1) is 6.92 Å². The van der Waals surface area contributed by atoms with Crippen molar-refractivity contribution in [1.29, 1.82) is 0 Å². The van der Waals surface area contributed by atoms with Gasteiger partial charge in [0.15, 0.2) is 0 Å². The van der Waals surface area contributed by atoms with Gasteiger partial charge in [0.1, 0.15) is 17.7 Å². The summed E-state index contributed by atoms with van der Waals surface area (Å²) in [5.74, 6) is 0.332. The second-order valence-electron chi connectivity index (χ2n) is 5.59. The third-order valence-electron chi connectivity index (χ3n) is 3.65. The van der Waals surface area contributed by atoms with Gasteiger partial charge in [-0.1, -0.05) is 18.2 Å². The summed E-state index contributed by atoms with van der Waals surface area (Å²) in [6, 6.07) is 11.5. The van der Waals surface area contributed by atoms with Crippen LogP contribution in [-0.4, -0.2) is 22.9 Å². The van der Waals surface area contributed by atoms with E-state index in [1.807, 2.05) is 32.0 Å². The zero-order chi connectivity index (χ0) is 18.0. The molecule has 0 spiro atoms. The van der Waals surface area contributed by atoms with Gasteiger partial charge in [-0.2, -0.15) is 0 Å². The van der Waals surface area contributed by atoms with Crippen LogP contribution in [0.5, 0.6) is 5.75 Å². The van der Waals surface area contributed by atoms with E-state index in [1.165, 1.54) is 12.1 Å². The Labute approximate surface area is 142 Å². The summed E-state index contributed by atoms with van der Waals surface area (Å²) in [6.45, 7) is 4.27. The van der Waals surface area contributed by atoms with Crippen LogP contribution in [0.1, 0.15) is 30.0 Å². The van der Waals surface area contributed by atoms with Crippen LogP contribution in [0.15, 0.2) is 42.5 Å². The quantitative estimate of drug-likeness (QED) is 0.712. The van der Waals surface area contributed by atoms with Crippen molar-refractivity contribution in [2.75, 3.05) is 6.61 Å². The van der Waals surface area contributed by atoms with Gasteiger partial charge in [0.2, 0.25) is 0 Å². The molecule has 1 aromatic heterocycles. The largest absolute Gasteiger partial charge is 0.573 e. The topological polar surface area (TPSA) is 47.1 Å². The van der Waals surface area contributed by atoms with E-state index in [0.29, 0.717) is 18.0 Å². The van der Waals surface area contributed by atoms with Gasteiger partial charge in [-0.15, -0.1) is 13.2 Å². The number of rotatable bonds is 5. The number of fused-ring (bicyclic) bond motifs is 1. The van der Waals surface area contributed by atoms with Crippen LogP contribution >= 0.6 is 0 Å². The highest BCUT2D eigenvalue weighted by Crippen LogP contribution is 2.29. The summed E-state index contributed by atoms with van der Waals surface area (Å²) in [4.78, 5) is 7.76. The highest BCUT2D eigenvalue weighted by Gasteiger charge is 2.31.